The van der Waals surface area contributed by atoms with Gasteiger partial charge in [-0.25, -0.2) is 4.98 Å². The molecule has 1 aromatic carbocycles. The molecule has 158 valence electrons. The number of nitrogens with one attached hydrogen (secondary N) is 1. The molecule has 0 spiro atoms. The van der Waals surface area contributed by atoms with Gasteiger partial charge in [0.1, 0.15) is 5.82 Å². The first kappa shape index (κ1) is 22.3. The van der Waals surface area contributed by atoms with Crippen LogP contribution >= 0.6 is 0 Å². The molecule has 0 aliphatic heterocycles. The summed E-state index contributed by atoms with van der Waals surface area (Å²) in [5.74, 6) is 2.64. The summed E-state index contributed by atoms with van der Waals surface area (Å²) in [6, 6.07) is 7.70. The van der Waals surface area contributed by atoms with Crippen LogP contribution in [0.15, 0.2) is 30.5 Å². The van der Waals surface area contributed by atoms with Crippen LogP contribution in [0.1, 0.15) is 31.4 Å². The Morgan fingerprint density at radius 2 is 1.72 bits per heavy atom. The monoisotopic (exact) mass is 401 g/mol. The zero-order valence-corrected chi connectivity index (χ0v) is 17.9. The van der Waals surface area contributed by atoms with E-state index < -0.39 is 0 Å². The zero-order chi connectivity index (χ0) is 21.2. The molecule has 1 heterocycles. The van der Waals surface area contributed by atoms with Crippen LogP contribution in [-0.2, 0) is 17.8 Å². The number of carbonyl (C=O) groups is 1. The van der Waals surface area contributed by atoms with Crippen molar-refractivity contribution in [3.05, 3.63) is 41.6 Å². The van der Waals surface area contributed by atoms with E-state index in [1.54, 1.807) is 21.3 Å². The molecule has 7 nitrogen and oxygen atoms in total. The Hall–Kier alpha value is -2.96. The predicted molar refractivity (Wildman–Crippen MR) is 114 cm³/mol. The maximum atomic E-state index is 12.3. The molecule has 1 aromatic heterocycles. The maximum absolute atomic E-state index is 12.3. The topological polar surface area (TPSA) is 72.9 Å². The number of aryl methyl sites for hydroxylation is 1. The van der Waals surface area contributed by atoms with Crippen LogP contribution in [0.25, 0.3) is 0 Å². The van der Waals surface area contributed by atoms with Crippen molar-refractivity contribution in [3.63, 3.8) is 0 Å². The van der Waals surface area contributed by atoms with Gasteiger partial charge in [0.05, 0.1) is 21.3 Å². The van der Waals surface area contributed by atoms with Gasteiger partial charge < -0.3 is 24.4 Å². The molecule has 2 aromatic rings. The highest BCUT2D eigenvalue weighted by atomic mass is 16.5. The van der Waals surface area contributed by atoms with Crippen molar-refractivity contribution in [2.45, 2.75) is 33.2 Å². The summed E-state index contributed by atoms with van der Waals surface area (Å²) in [5, 5.41) is 2.95. The zero-order valence-electron chi connectivity index (χ0n) is 17.9. The first-order chi connectivity index (χ1) is 14.1. The molecule has 2 rings (SSSR count). The minimum absolute atomic E-state index is 0.0327. The lowest BCUT2D eigenvalue weighted by Gasteiger charge is -2.19. The second kappa shape index (κ2) is 11.1. The molecule has 0 bridgehead atoms. The summed E-state index contributed by atoms with van der Waals surface area (Å²) in [6.45, 7) is 6.49. The van der Waals surface area contributed by atoms with Crippen LogP contribution < -0.4 is 24.4 Å². The van der Waals surface area contributed by atoms with Gasteiger partial charge in [-0.2, -0.15) is 0 Å². The minimum atomic E-state index is -0.0327. The van der Waals surface area contributed by atoms with Gasteiger partial charge in [-0.1, -0.05) is 12.1 Å². The lowest BCUT2D eigenvalue weighted by Crippen LogP contribution is -2.24. The summed E-state index contributed by atoms with van der Waals surface area (Å²) in [4.78, 5) is 19.0. The van der Waals surface area contributed by atoms with Crippen LogP contribution in [0.4, 0.5) is 5.82 Å². The fourth-order valence-electron chi connectivity index (χ4n) is 3.15. The standard InChI is InChI=1S/C22H31N3O4/c1-6-25(7-2)19-12-8-16(14-23-19)15-24-20(26)13-10-17-9-11-18(27-3)22(29-5)21(17)28-4/h8-9,11-12,14H,6-7,10,13,15H2,1-5H3,(H,24,26). The lowest BCUT2D eigenvalue weighted by molar-refractivity contribution is -0.121. The summed E-state index contributed by atoms with van der Waals surface area (Å²) in [6.07, 6.45) is 2.69. The lowest BCUT2D eigenvalue weighted by atomic mass is 10.1. The van der Waals surface area contributed by atoms with Crippen molar-refractivity contribution in [2.75, 3.05) is 39.3 Å². The molecule has 1 amide bonds. The molecule has 0 aliphatic carbocycles. The fraction of sp³-hybridized carbons (Fsp3) is 0.455. The molecule has 0 radical (unpaired) electrons. The minimum Gasteiger partial charge on any atom is -0.493 e. The van der Waals surface area contributed by atoms with Crippen LogP contribution in [0.3, 0.4) is 0 Å². The van der Waals surface area contributed by atoms with Gasteiger partial charge in [-0.05, 0) is 43.5 Å². The number of carbonyl (C=O) groups excluding carboxylic acids is 1. The number of aromatic nitrogens is 1. The molecular weight excluding hydrogens is 370 g/mol. The quantitative estimate of drug-likeness (QED) is 0.623. The molecule has 0 aliphatic rings. The number of ether oxygens (including phenoxy) is 3. The first-order valence-electron chi connectivity index (χ1n) is 9.82. The number of anilines is 1. The fourth-order valence-corrected chi connectivity index (χ4v) is 3.15. The van der Waals surface area contributed by atoms with Crippen molar-refractivity contribution in [2.24, 2.45) is 0 Å². The van der Waals surface area contributed by atoms with Crippen LogP contribution in [0.5, 0.6) is 17.2 Å². The molecule has 0 unspecified atom stereocenters. The van der Waals surface area contributed by atoms with Crippen molar-refractivity contribution in [3.8, 4) is 17.2 Å². The van der Waals surface area contributed by atoms with Gasteiger partial charge in [0.2, 0.25) is 11.7 Å². The highest BCUT2D eigenvalue weighted by Gasteiger charge is 2.16. The summed E-state index contributed by atoms with van der Waals surface area (Å²) < 4.78 is 16.2. The molecule has 0 fully saturated rings. The third-order valence-electron chi connectivity index (χ3n) is 4.79. The molecule has 29 heavy (non-hydrogen) atoms. The number of amides is 1. The average Bonchev–Trinajstić information content (AvgIpc) is 2.76. The third-order valence-corrected chi connectivity index (χ3v) is 4.79. The summed E-state index contributed by atoms with van der Waals surface area (Å²) in [5.41, 5.74) is 1.86. The molecule has 0 saturated heterocycles. The Morgan fingerprint density at radius 3 is 2.28 bits per heavy atom. The highest BCUT2D eigenvalue weighted by molar-refractivity contribution is 5.76. The number of hydrogen-bond acceptors (Lipinski definition) is 6. The Kier molecular flexibility index (Phi) is 8.58. The smallest absolute Gasteiger partial charge is 0.220 e. The van der Waals surface area contributed by atoms with Gasteiger partial charge in [0.25, 0.3) is 0 Å². The van der Waals surface area contributed by atoms with E-state index in [9.17, 15) is 4.79 Å². The van der Waals surface area contributed by atoms with E-state index in [0.717, 1.165) is 30.0 Å². The van der Waals surface area contributed by atoms with Crippen LogP contribution in [0, 0.1) is 0 Å². The van der Waals surface area contributed by atoms with Gasteiger partial charge in [-0.3, -0.25) is 4.79 Å². The number of hydrogen-bond donors (Lipinski definition) is 1. The van der Waals surface area contributed by atoms with Crippen molar-refractivity contribution < 1.29 is 19.0 Å². The summed E-state index contributed by atoms with van der Waals surface area (Å²) in [7, 11) is 4.72. The molecular formula is C22H31N3O4. The molecule has 0 atom stereocenters. The normalized spacial score (nSPS) is 10.4. The number of benzene rings is 1. The average molecular weight is 402 g/mol. The Balaban J connectivity index is 1.92. The summed E-state index contributed by atoms with van der Waals surface area (Å²) >= 11 is 0. The SMILES string of the molecule is CCN(CC)c1ccc(CNC(=O)CCc2ccc(OC)c(OC)c2OC)cn1. The van der Waals surface area contributed by atoms with Gasteiger partial charge in [0.15, 0.2) is 11.5 Å². The van der Waals surface area contributed by atoms with E-state index in [-0.39, 0.29) is 5.91 Å². The number of methoxy groups -OCH3 is 3. The van der Waals surface area contributed by atoms with E-state index in [0.29, 0.717) is 36.6 Å². The van der Waals surface area contributed by atoms with Crippen molar-refractivity contribution >= 4 is 11.7 Å². The van der Waals surface area contributed by atoms with Crippen molar-refractivity contribution in [1.29, 1.82) is 0 Å². The predicted octanol–water partition coefficient (Wildman–Crippen LogP) is 3.20. The molecule has 7 heteroatoms. The second-order valence-corrected chi connectivity index (χ2v) is 6.47. The van der Waals surface area contributed by atoms with E-state index in [1.165, 1.54) is 0 Å². The van der Waals surface area contributed by atoms with E-state index in [4.69, 9.17) is 14.2 Å². The maximum Gasteiger partial charge on any atom is 0.220 e. The van der Waals surface area contributed by atoms with Gasteiger partial charge in [0, 0.05) is 32.3 Å². The van der Waals surface area contributed by atoms with Gasteiger partial charge in [-0.15, -0.1) is 0 Å². The van der Waals surface area contributed by atoms with Crippen LogP contribution in [0.2, 0.25) is 0 Å². The largest absolute Gasteiger partial charge is 0.493 e. The van der Waals surface area contributed by atoms with E-state index in [2.05, 4.69) is 29.0 Å². The molecule has 0 saturated carbocycles. The van der Waals surface area contributed by atoms with E-state index >= 15 is 0 Å². The molecule has 1 N–H and O–H groups in total. The number of nitrogens with zero attached hydrogens (tertiary/aromatic N) is 2. The number of pyridine rings is 1. The second-order valence-electron chi connectivity index (χ2n) is 6.47. The van der Waals surface area contributed by atoms with Crippen molar-refractivity contribution in [1.82, 2.24) is 10.3 Å². The Bertz CT molecular complexity index is 789. The first-order valence-corrected chi connectivity index (χ1v) is 9.82. The van der Waals surface area contributed by atoms with Gasteiger partial charge >= 0.3 is 0 Å². The van der Waals surface area contributed by atoms with Crippen LogP contribution in [-0.4, -0.2) is 45.3 Å². The Labute approximate surface area is 173 Å². The Morgan fingerprint density at radius 1 is 1.00 bits per heavy atom. The third kappa shape index (κ3) is 5.76. The number of rotatable bonds is 11. The van der Waals surface area contributed by atoms with E-state index in [1.807, 2.05) is 30.5 Å². The highest BCUT2D eigenvalue weighted by Crippen LogP contribution is 2.40.